The highest BCUT2D eigenvalue weighted by Crippen LogP contribution is 2.32. The monoisotopic (exact) mass is 418 g/mol. The molecule has 0 radical (unpaired) electrons. The van der Waals surface area contributed by atoms with Crippen molar-refractivity contribution in [2.24, 2.45) is 0 Å². The first-order valence-electron chi connectivity index (χ1n) is 10.5. The lowest BCUT2D eigenvalue weighted by atomic mass is 10.1. The first-order chi connectivity index (χ1) is 15.0. The Balaban J connectivity index is 1.67. The molecule has 0 atom stereocenters. The molecule has 5 nitrogen and oxygen atoms in total. The average molecular weight is 418 g/mol. The third-order valence-corrected chi connectivity index (χ3v) is 5.14. The van der Waals surface area contributed by atoms with Gasteiger partial charge in [0, 0.05) is 37.1 Å². The van der Waals surface area contributed by atoms with Crippen LogP contribution in [-0.2, 0) is 6.61 Å². The second-order valence-electron chi connectivity index (χ2n) is 7.86. The smallest absolute Gasteiger partial charge is 0.196 e. The van der Waals surface area contributed by atoms with Crippen molar-refractivity contribution in [3.8, 4) is 11.5 Å². The quantitative estimate of drug-likeness (QED) is 0.388. The number of ether oxygens (including phenoxy) is 2. The standard InChI is InChI=1S/C26H26O5/c1-17(2)23-15-22(28)26-24(29-11-5-10-27)13-21(14-25(26)31-23)30-16-18-8-9-19-6-3-4-7-20(19)12-18/h3-4,6-9,12-15,17,27H,5,10-11,16H2,1-2H3. The number of hydrogen-bond donors (Lipinski definition) is 1. The third-order valence-electron chi connectivity index (χ3n) is 5.14. The summed E-state index contributed by atoms with van der Waals surface area (Å²) in [6.45, 7) is 4.64. The van der Waals surface area contributed by atoms with Crippen LogP contribution in [0, 0.1) is 0 Å². The summed E-state index contributed by atoms with van der Waals surface area (Å²) in [5, 5.41) is 11.8. The van der Waals surface area contributed by atoms with Crippen molar-refractivity contribution in [1.29, 1.82) is 0 Å². The normalized spacial score (nSPS) is 11.4. The molecule has 0 fully saturated rings. The first-order valence-corrected chi connectivity index (χ1v) is 10.5. The number of fused-ring (bicyclic) bond motifs is 2. The highest BCUT2D eigenvalue weighted by Gasteiger charge is 2.15. The third kappa shape index (κ3) is 4.72. The van der Waals surface area contributed by atoms with E-state index in [-0.39, 0.29) is 18.0 Å². The fourth-order valence-electron chi connectivity index (χ4n) is 3.47. The van der Waals surface area contributed by atoms with E-state index in [1.807, 2.05) is 32.0 Å². The van der Waals surface area contributed by atoms with Gasteiger partial charge in [0.15, 0.2) is 5.43 Å². The molecule has 160 valence electrons. The average Bonchev–Trinajstić information content (AvgIpc) is 2.77. The molecule has 0 spiro atoms. The highest BCUT2D eigenvalue weighted by atomic mass is 16.5. The van der Waals surface area contributed by atoms with Crippen LogP contribution in [0.3, 0.4) is 0 Å². The van der Waals surface area contributed by atoms with Gasteiger partial charge < -0.3 is 19.0 Å². The number of aliphatic hydroxyl groups excluding tert-OH is 1. The molecule has 31 heavy (non-hydrogen) atoms. The van der Waals surface area contributed by atoms with Crippen LogP contribution in [0.15, 0.2) is 69.9 Å². The van der Waals surface area contributed by atoms with E-state index in [1.165, 1.54) is 11.5 Å². The molecule has 1 aromatic heterocycles. The van der Waals surface area contributed by atoms with Crippen molar-refractivity contribution in [3.05, 3.63) is 82.2 Å². The van der Waals surface area contributed by atoms with Crippen LogP contribution in [0.25, 0.3) is 21.7 Å². The Morgan fingerprint density at radius 3 is 2.55 bits per heavy atom. The van der Waals surface area contributed by atoms with Gasteiger partial charge in [-0.2, -0.15) is 0 Å². The van der Waals surface area contributed by atoms with Crippen LogP contribution < -0.4 is 14.9 Å². The summed E-state index contributed by atoms with van der Waals surface area (Å²) in [6.07, 6.45) is 0.471. The molecule has 0 aliphatic rings. The molecular formula is C26H26O5. The lowest BCUT2D eigenvalue weighted by Gasteiger charge is -2.13. The van der Waals surface area contributed by atoms with E-state index in [4.69, 9.17) is 19.0 Å². The van der Waals surface area contributed by atoms with Crippen molar-refractivity contribution in [3.63, 3.8) is 0 Å². The van der Waals surface area contributed by atoms with Gasteiger partial charge in [-0.15, -0.1) is 0 Å². The second kappa shape index (κ2) is 9.23. The largest absolute Gasteiger partial charge is 0.492 e. The minimum atomic E-state index is -0.148. The van der Waals surface area contributed by atoms with Crippen molar-refractivity contribution in [2.45, 2.75) is 32.8 Å². The molecule has 0 saturated carbocycles. The van der Waals surface area contributed by atoms with Crippen molar-refractivity contribution < 1.29 is 19.0 Å². The van der Waals surface area contributed by atoms with Crippen molar-refractivity contribution in [2.75, 3.05) is 13.2 Å². The van der Waals surface area contributed by atoms with Crippen LogP contribution in [-0.4, -0.2) is 18.3 Å². The predicted octanol–water partition coefficient (Wildman–Crippen LogP) is 5.41. The maximum Gasteiger partial charge on any atom is 0.196 e. The Hall–Kier alpha value is -3.31. The number of hydrogen-bond acceptors (Lipinski definition) is 5. The Morgan fingerprint density at radius 2 is 1.77 bits per heavy atom. The van der Waals surface area contributed by atoms with Gasteiger partial charge in [0.1, 0.15) is 34.8 Å². The van der Waals surface area contributed by atoms with E-state index in [9.17, 15) is 4.79 Å². The minimum absolute atomic E-state index is 0.0161. The molecule has 0 unspecified atom stereocenters. The lowest BCUT2D eigenvalue weighted by molar-refractivity contribution is 0.233. The zero-order valence-corrected chi connectivity index (χ0v) is 17.8. The highest BCUT2D eigenvalue weighted by molar-refractivity contribution is 5.85. The van der Waals surface area contributed by atoms with Gasteiger partial charge in [0.25, 0.3) is 0 Å². The van der Waals surface area contributed by atoms with Crippen LogP contribution in [0.2, 0.25) is 0 Å². The van der Waals surface area contributed by atoms with E-state index in [1.54, 1.807) is 12.1 Å². The molecule has 3 aromatic carbocycles. The summed E-state index contributed by atoms with van der Waals surface area (Å²) in [5.41, 5.74) is 1.33. The van der Waals surface area contributed by atoms with Gasteiger partial charge in [-0.3, -0.25) is 4.79 Å². The molecule has 0 aliphatic carbocycles. The minimum Gasteiger partial charge on any atom is -0.492 e. The fraction of sp³-hybridized carbons (Fsp3) is 0.269. The van der Waals surface area contributed by atoms with Gasteiger partial charge >= 0.3 is 0 Å². The maximum absolute atomic E-state index is 12.7. The molecule has 5 heteroatoms. The van der Waals surface area contributed by atoms with E-state index < -0.39 is 0 Å². The topological polar surface area (TPSA) is 68.9 Å². The summed E-state index contributed by atoms with van der Waals surface area (Å²) >= 11 is 0. The Morgan fingerprint density at radius 1 is 0.968 bits per heavy atom. The van der Waals surface area contributed by atoms with E-state index in [0.717, 1.165) is 10.9 Å². The lowest BCUT2D eigenvalue weighted by Crippen LogP contribution is -2.08. The number of benzene rings is 3. The van der Waals surface area contributed by atoms with Crippen LogP contribution in [0.1, 0.15) is 37.5 Å². The summed E-state index contributed by atoms with van der Waals surface area (Å²) in [7, 11) is 0. The van der Waals surface area contributed by atoms with Crippen molar-refractivity contribution in [1.82, 2.24) is 0 Å². The van der Waals surface area contributed by atoms with E-state index in [0.29, 0.717) is 47.9 Å². The first kappa shape index (κ1) is 20.9. The number of rotatable bonds is 8. The molecule has 0 amide bonds. The maximum atomic E-state index is 12.7. The van der Waals surface area contributed by atoms with Gasteiger partial charge in [0.2, 0.25) is 0 Å². The van der Waals surface area contributed by atoms with Crippen LogP contribution >= 0.6 is 0 Å². The van der Waals surface area contributed by atoms with Crippen molar-refractivity contribution >= 4 is 21.7 Å². The van der Waals surface area contributed by atoms with Gasteiger partial charge in [-0.05, 0) is 22.4 Å². The Labute approximate surface area is 180 Å². The van der Waals surface area contributed by atoms with Gasteiger partial charge in [-0.1, -0.05) is 50.2 Å². The predicted molar refractivity (Wildman–Crippen MR) is 122 cm³/mol. The summed E-state index contributed by atoms with van der Waals surface area (Å²) in [6, 6.07) is 19.4. The van der Waals surface area contributed by atoms with Crippen LogP contribution in [0.5, 0.6) is 11.5 Å². The van der Waals surface area contributed by atoms with Gasteiger partial charge in [0.05, 0.1) is 6.61 Å². The molecule has 4 rings (SSSR count). The fourth-order valence-corrected chi connectivity index (χ4v) is 3.47. The molecular weight excluding hydrogens is 392 g/mol. The molecule has 0 aliphatic heterocycles. The zero-order chi connectivity index (χ0) is 21.8. The van der Waals surface area contributed by atoms with E-state index in [2.05, 4.69) is 24.3 Å². The molecule has 1 N–H and O–H groups in total. The SMILES string of the molecule is CC(C)c1cc(=O)c2c(OCCCO)cc(OCc3ccc4ccccc4c3)cc2o1. The number of aliphatic hydroxyl groups is 1. The summed E-state index contributed by atoms with van der Waals surface area (Å²) in [4.78, 5) is 12.7. The van der Waals surface area contributed by atoms with Gasteiger partial charge in [-0.25, -0.2) is 0 Å². The van der Waals surface area contributed by atoms with Crippen LogP contribution in [0.4, 0.5) is 0 Å². The zero-order valence-electron chi connectivity index (χ0n) is 17.8. The molecule has 0 bridgehead atoms. The Kier molecular flexibility index (Phi) is 6.23. The second-order valence-corrected chi connectivity index (χ2v) is 7.86. The summed E-state index contributed by atoms with van der Waals surface area (Å²) in [5.74, 6) is 1.66. The molecule has 1 heterocycles. The van der Waals surface area contributed by atoms with E-state index >= 15 is 0 Å². The Bertz CT molecular complexity index is 1260. The molecule has 4 aromatic rings. The molecule has 0 saturated heterocycles. The summed E-state index contributed by atoms with van der Waals surface area (Å²) < 4.78 is 17.8.